The highest BCUT2D eigenvalue weighted by atomic mass is 17.1. The number of aliphatic hydroxyl groups is 1. The molecule has 0 heterocycles. The minimum atomic E-state index is -0.871. The number of methoxy groups -OCH3 is 1. The molecule has 0 aromatic heterocycles. The van der Waals surface area contributed by atoms with Crippen LogP contribution in [0.25, 0.3) is 0 Å². The van der Waals surface area contributed by atoms with Crippen LogP contribution in [0.3, 0.4) is 0 Å². The van der Waals surface area contributed by atoms with Crippen molar-refractivity contribution in [3.63, 3.8) is 0 Å². The van der Waals surface area contributed by atoms with Crippen molar-refractivity contribution in [3.05, 3.63) is 23.8 Å². The highest BCUT2D eigenvalue weighted by Gasteiger charge is 2.34. The van der Waals surface area contributed by atoms with E-state index in [4.69, 9.17) is 9.99 Å². The van der Waals surface area contributed by atoms with E-state index in [0.717, 1.165) is 12.0 Å². The molecular weight excluding hydrogens is 272 g/mol. The van der Waals surface area contributed by atoms with Gasteiger partial charge in [-0.25, -0.2) is 9.68 Å². The van der Waals surface area contributed by atoms with Crippen LogP contribution in [0.5, 0.6) is 0 Å². The summed E-state index contributed by atoms with van der Waals surface area (Å²) in [6, 6.07) is 0. The normalized spacial score (nSPS) is 22.9. The van der Waals surface area contributed by atoms with Crippen LogP contribution in [0, 0.1) is 5.92 Å². The SMILES string of the molecule is C=C(C)[C@H](CC[C@@](C)(O)[C@H]1CC=C(C(=O)OC)CC1)OO. The van der Waals surface area contributed by atoms with Crippen molar-refractivity contribution >= 4 is 5.97 Å². The van der Waals surface area contributed by atoms with Gasteiger partial charge in [-0.3, -0.25) is 5.26 Å². The lowest BCUT2D eigenvalue weighted by atomic mass is 9.76. The third kappa shape index (κ3) is 4.95. The fourth-order valence-electron chi connectivity index (χ4n) is 2.73. The Kier molecular flexibility index (Phi) is 6.58. The molecule has 0 spiro atoms. The molecule has 0 saturated carbocycles. The van der Waals surface area contributed by atoms with Crippen molar-refractivity contribution in [1.82, 2.24) is 0 Å². The lowest BCUT2D eigenvalue weighted by Gasteiger charge is -2.35. The van der Waals surface area contributed by atoms with E-state index >= 15 is 0 Å². The van der Waals surface area contributed by atoms with Crippen LogP contribution >= 0.6 is 0 Å². The number of rotatable bonds is 7. The number of esters is 1. The summed E-state index contributed by atoms with van der Waals surface area (Å²) in [5.41, 5.74) is 0.539. The van der Waals surface area contributed by atoms with E-state index < -0.39 is 11.7 Å². The first-order valence-corrected chi connectivity index (χ1v) is 7.27. The molecule has 0 radical (unpaired) electrons. The molecule has 0 aromatic carbocycles. The standard InChI is InChI=1S/C16H26O5/c1-11(2)14(21-19)9-10-16(3,18)13-7-5-12(6-8-13)15(17)20-4/h5,13-14,18-19H,1,6-10H2,2-4H3/t13-,14-,16+/m0/s1. The second kappa shape index (κ2) is 7.73. The monoisotopic (exact) mass is 298 g/mol. The zero-order chi connectivity index (χ0) is 16.0. The molecule has 5 heteroatoms. The maximum Gasteiger partial charge on any atom is 0.333 e. The van der Waals surface area contributed by atoms with E-state index in [-0.39, 0.29) is 11.9 Å². The highest BCUT2D eigenvalue weighted by Crippen LogP contribution is 2.35. The average molecular weight is 298 g/mol. The molecule has 0 amide bonds. The molecule has 2 N–H and O–H groups in total. The molecule has 1 rings (SSSR count). The fourth-order valence-corrected chi connectivity index (χ4v) is 2.73. The van der Waals surface area contributed by atoms with Gasteiger partial charge in [-0.15, -0.1) is 0 Å². The lowest BCUT2D eigenvalue weighted by Crippen LogP contribution is -2.37. The number of hydrogen-bond donors (Lipinski definition) is 2. The van der Waals surface area contributed by atoms with Gasteiger partial charge in [0.15, 0.2) is 0 Å². The van der Waals surface area contributed by atoms with E-state index in [1.807, 2.05) is 6.08 Å². The Morgan fingerprint density at radius 1 is 1.62 bits per heavy atom. The van der Waals surface area contributed by atoms with E-state index in [1.54, 1.807) is 13.8 Å². The zero-order valence-corrected chi connectivity index (χ0v) is 13.1. The number of ether oxygens (including phenoxy) is 1. The number of carbonyl (C=O) groups is 1. The van der Waals surface area contributed by atoms with Crippen molar-refractivity contribution in [2.24, 2.45) is 5.92 Å². The lowest BCUT2D eigenvalue weighted by molar-refractivity contribution is -0.271. The number of carbonyl (C=O) groups excluding carboxylic acids is 1. The Labute approximate surface area is 126 Å². The van der Waals surface area contributed by atoms with Crippen LogP contribution in [0.1, 0.15) is 46.0 Å². The Morgan fingerprint density at radius 3 is 2.71 bits per heavy atom. The van der Waals surface area contributed by atoms with E-state index in [2.05, 4.69) is 11.5 Å². The van der Waals surface area contributed by atoms with Gasteiger partial charge in [0.2, 0.25) is 0 Å². The average Bonchev–Trinajstić information content (AvgIpc) is 2.46. The number of hydrogen-bond acceptors (Lipinski definition) is 5. The van der Waals surface area contributed by atoms with E-state index in [1.165, 1.54) is 7.11 Å². The van der Waals surface area contributed by atoms with Gasteiger partial charge in [0.05, 0.1) is 12.7 Å². The predicted octanol–water partition coefficient (Wildman–Crippen LogP) is 2.85. The molecule has 0 aromatic rings. The molecule has 3 atom stereocenters. The van der Waals surface area contributed by atoms with Crippen molar-refractivity contribution in [2.45, 2.75) is 57.7 Å². The minimum absolute atomic E-state index is 0.0790. The second-order valence-corrected chi connectivity index (χ2v) is 6.03. The van der Waals surface area contributed by atoms with Gasteiger partial charge in [-0.05, 0) is 57.4 Å². The predicted molar refractivity (Wildman–Crippen MR) is 79.6 cm³/mol. The van der Waals surface area contributed by atoms with Gasteiger partial charge >= 0.3 is 5.97 Å². The molecule has 0 unspecified atom stereocenters. The topological polar surface area (TPSA) is 76.0 Å². The Hall–Kier alpha value is -1.17. The summed E-state index contributed by atoms with van der Waals surface area (Å²) in [6.45, 7) is 7.32. The van der Waals surface area contributed by atoms with Crippen molar-refractivity contribution in [1.29, 1.82) is 0 Å². The van der Waals surface area contributed by atoms with Crippen LogP contribution in [-0.2, 0) is 14.4 Å². The molecule has 120 valence electrons. The molecule has 21 heavy (non-hydrogen) atoms. The summed E-state index contributed by atoms with van der Waals surface area (Å²) in [5.74, 6) is -0.209. The van der Waals surface area contributed by atoms with Crippen molar-refractivity contribution in [2.75, 3.05) is 7.11 Å². The van der Waals surface area contributed by atoms with E-state index in [9.17, 15) is 9.90 Å². The fraction of sp³-hybridized carbons (Fsp3) is 0.688. The summed E-state index contributed by atoms with van der Waals surface area (Å²) >= 11 is 0. The van der Waals surface area contributed by atoms with E-state index in [0.29, 0.717) is 31.3 Å². The highest BCUT2D eigenvalue weighted by molar-refractivity contribution is 5.88. The quantitative estimate of drug-likeness (QED) is 0.327. The van der Waals surface area contributed by atoms with Gasteiger partial charge in [-0.2, -0.15) is 0 Å². The Bertz CT molecular complexity index is 411. The maximum absolute atomic E-state index is 11.4. The summed E-state index contributed by atoms with van der Waals surface area (Å²) in [6.07, 6.45) is 4.41. The third-order valence-electron chi connectivity index (χ3n) is 4.33. The maximum atomic E-state index is 11.4. The molecule has 0 bridgehead atoms. The second-order valence-electron chi connectivity index (χ2n) is 6.03. The minimum Gasteiger partial charge on any atom is -0.466 e. The van der Waals surface area contributed by atoms with Crippen LogP contribution in [0.15, 0.2) is 23.8 Å². The molecule has 1 aliphatic carbocycles. The summed E-state index contributed by atoms with van der Waals surface area (Å²) in [7, 11) is 1.37. The van der Waals surface area contributed by atoms with Gasteiger partial charge in [0, 0.05) is 5.57 Å². The molecule has 5 nitrogen and oxygen atoms in total. The Morgan fingerprint density at radius 2 is 2.29 bits per heavy atom. The molecule has 1 aliphatic rings. The van der Waals surface area contributed by atoms with Crippen molar-refractivity contribution in [3.8, 4) is 0 Å². The molecule has 0 aliphatic heterocycles. The molecular formula is C16H26O5. The third-order valence-corrected chi connectivity index (χ3v) is 4.33. The smallest absolute Gasteiger partial charge is 0.333 e. The van der Waals surface area contributed by atoms with Crippen LogP contribution in [0.4, 0.5) is 0 Å². The molecule has 0 fully saturated rings. The van der Waals surface area contributed by atoms with Crippen molar-refractivity contribution < 1.29 is 24.8 Å². The van der Waals surface area contributed by atoms with Crippen LogP contribution in [0.2, 0.25) is 0 Å². The van der Waals surface area contributed by atoms with Gasteiger partial charge in [0.25, 0.3) is 0 Å². The summed E-state index contributed by atoms with van der Waals surface area (Å²) in [4.78, 5) is 15.8. The Balaban J connectivity index is 2.58. The summed E-state index contributed by atoms with van der Waals surface area (Å²) in [5, 5.41) is 19.5. The van der Waals surface area contributed by atoms with Crippen LogP contribution < -0.4 is 0 Å². The van der Waals surface area contributed by atoms with Gasteiger partial charge < -0.3 is 9.84 Å². The first-order chi connectivity index (χ1) is 9.81. The first kappa shape index (κ1) is 17.9. The largest absolute Gasteiger partial charge is 0.466 e. The van der Waals surface area contributed by atoms with Gasteiger partial charge in [0.1, 0.15) is 6.10 Å². The van der Waals surface area contributed by atoms with Gasteiger partial charge in [-0.1, -0.05) is 12.7 Å². The number of allylic oxidation sites excluding steroid dienone is 1. The zero-order valence-electron chi connectivity index (χ0n) is 13.1. The van der Waals surface area contributed by atoms with Crippen LogP contribution in [-0.4, -0.2) is 35.1 Å². The summed E-state index contributed by atoms with van der Waals surface area (Å²) < 4.78 is 4.71. The first-order valence-electron chi connectivity index (χ1n) is 7.27. The molecule has 0 saturated heterocycles.